The third kappa shape index (κ3) is 3.22. The van der Waals surface area contributed by atoms with Crippen molar-refractivity contribution < 1.29 is 4.79 Å². The van der Waals surface area contributed by atoms with E-state index in [4.69, 9.17) is 0 Å². The van der Waals surface area contributed by atoms with Gasteiger partial charge in [0.1, 0.15) is 4.60 Å². The number of rotatable bonds is 3. The number of amides is 1. The number of aromatic nitrogens is 1. The first-order chi connectivity index (χ1) is 7.75. The lowest BCUT2D eigenvalue weighted by molar-refractivity contribution is 0.0948. The lowest BCUT2D eigenvalue weighted by atomic mass is 10.1. The molecule has 1 unspecified atom stereocenters. The number of carbonyl (C=O) groups is 1. The van der Waals surface area contributed by atoms with Crippen LogP contribution in [0.5, 0.6) is 0 Å². The molecule has 1 saturated heterocycles. The molecule has 0 saturated carbocycles. The second-order valence-corrected chi connectivity index (χ2v) is 5.77. The van der Waals surface area contributed by atoms with Gasteiger partial charge in [-0.2, -0.15) is 11.8 Å². The van der Waals surface area contributed by atoms with E-state index < -0.39 is 0 Å². The van der Waals surface area contributed by atoms with Gasteiger partial charge >= 0.3 is 0 Å². The lowest BCUT2D eigenvalue weighted by Crippen LogP contribution is -2.29. The molecule has 5 heteroatoms. The van der Waals surface area contributed by atoms with Crippen LogP contribution in [0.15, 0.2) is 22.9 Å². The van der Waals surface area contributed by atoms with E-state index in [1.807, 2.05) is 11.8 Å². The molecule has 0 radical (unpaired) electrons. The fourth-order valence-electron chi connectivity index (χ4n) is 1.59. The van der Waals surface area contributed by atoms with E-state index >= 15 is 0 Å². The number of pyridine rings is 1. The Hall–Kier alpha value is -0.550. The van der Waals surface area contributed by atoms with Crippen LogP contribution < -0.4 is 5.32 Å². The smallest absolute Gasteiger partial charge is 0.252 e. The average Bonchev–Trinajstić information content (AvgIpc) is 2.80. The molecule has 1 fully saturated rings. The summed E-state index contributed by atoms with van der Waals surface area (Å²) >= 11 is 5.20. The van der Waals surface area contributed by atoms with Crippen molar-refractivity contribution in [3.8, 4) is 0 Å². The molecule has 16 heavy (non-hydrogen) atoms. The van der Waals surface area contributed by atoms with Crippen LogP contribution in [0.4, 0.5) is 0 Å². The van der Waals surface area contributed by atoms with E-state index in [1.54, 1.807) is 18.3 Å². The molecule has 1 N–H and O–H groups in total. The second-order valence-electron chi connectivity index (χ2n) is 3.81. The van der Waals surface area contributed by atoms with Crippen LogP contribution >= 0.6 is 27.7 Å². The summed E-state index contributed by atoms with van der Waals surface area (Å²) in [5.41, 5.74) is 0.619. The molecule has 1 amide bonds. The van der Waals surface area contributed by atoms with E-state index in [2.05, 4.69) is 26.2 Å². The van der Waals surface area contributed by atoms with Gasteiger partial charge in [0, 0.05) is 12.7 Å². The topological polar surface area (TPSA) is 42.0 Å². The van der Waals surface area contributed by atoms with Gasteiger partial charge in [-0.15, -0.1) is 0 Å². The Morgan fingerprint density at radius 3 is 3.12 bits per heavy atom. The summed E-state index contributed by atoms with van der Waals surface area (Å²) in [6, 6.07) is 3.55. The highest BCUT2D eigenvalue weighted by atomic mass is 79.9. The van der Waals surface area contributed by atoms with Gasteiger partial charge in [0.2, 0.25) is 0 Å². The number of nitrogens with zero attached hydrogens (tertiary/aromatic N) is 1. The maximum atomic E-state index is 11.7. The number of thioether (sulfide) groups is 1. The number of nitrogens with one attached hydrogen (secondary N) is 1. The summed E-state index contributed by atoms with van der Waals surface area (Å²) < 4.78 is 0.747. The first kappa shape index (κ1) is 11.9. The molecule has 0 spiro atoms. The van der Waals surface area contributed by atoms with E-state index in [0.717, 1.165) is 11.1 Å². The van der Waals surface area contributed by atoms with Gasteiger partial charge in [-0.3, -0.25) is 4.79 Å². The maximum Gasteiger partial charge on any atom is 0.252 e. The summed E-state index contributed by atoms with van der Waals surface area (Å²) in [7, 11) is 0. The van der Waals surface area contributed by atoms with Crippen molar-refractivity contribution in [2.75, 3.05) is 18.1 Å². The lowest BCUT2D eigenvalue weighted by Gasteiger charge is -2.09. The minimum atomic E-state index is -0.0306. The molecule has 1 aliphatic heterocycles. The Labute approximate surface area is 108 Å². The maximum absolute atomic E-state index is 11.7. The summed E-state index contributed by atoms with van der Waals surface area (Å²) in [6.45, 7) is 0.780. The van der Waals surface area contributed by atoms with Crippen LogP contribution in [0.1, 0.15) is 16.8 Å². The molecular formula is C11H13BrN2OS. The highest BCUT2D eigenvalue weighted by Gasteiger charge is 2.16. The van der Waals surface area contributed by atoms with Crippen LogP contribution in [0.2, 0.25) is 0 Å². The molecule has 1 aromatic rings. The molecule has 0 bridgehead atoms. The minimum Gasteiger partial charge on any atom is -0.352 e. The van der Waals surface area contributed by atoms with Crippen molar-refractivity contribution in [1.82, 2.24) is 10.3 Å². The van der Waals surface area contributed by atoms with Crippen molar-refractivity contribution in [2.24, 2.45) is 5.92 Å². The van der Waals surface area contributed by atoms with E-state index in [0.29, 0.717) is 11.5 Å². The van der Waals surface area contributed by atoms with Gasteiger partial charge in [-0.05, 0) is 51.9 Å². The Morgan fingerprint density at radius 1 is 1.62 bits per heavy atom. The molecular weight excluding hydrogens is 288 g/mol. The van der Waals surface area contributed by atoms with E-state index in [1.165, 1.54) is 17.9 Å². The molecule has 1 atom stereocenters. The summed E-state index contributed by atoms with van der Waals surface area (Å²) in [6.07, 6.45) is 2.80. The predicted molar refractivity (Wildman–Crippen MR) is 69.7 cm³/mol. The number of hydrogen-bond donors (Lipinski definition) is 1. The van der Waals surface area contributed by atoms with Crippen LogP contribution in [0.25, 0.3) is 0 Å². The largest absolute Gasteiger partial charge is 0.352 e. The van der Waals surface area contributed by atoms with Gasteiger partial charge < -0.3 is 5.32 Å². The zero-order valence-electron chi connectivity index (χ0n) is 8.78. The zero-order chi connectivity index (χ0) is 11.4. The molecule has 1 aromatic heterocycles. The molecule has 3 nitrogen and oxygen atoms in total. The Kier molecular flexibility index (Phi) is 4.23. The monoisotopic (exact) mass is 300 g/mol. The van der Waals surface area contributed by atoms with E-state index in [9.17, 15) is 4.79 Å². The van der Waals surface area contributed by atoms with Crippen molar-refractivity contribution in [2.45, 2.75) is 6.42 Å². The molecule has 1 aliphatic rings. The highest BCUT2D eigenvalue weighted by Crippen LogP contribution is 2.22. The van der Waals surface area contributed by atoms with Crippen LogP contribution in [0, 0.1) is 5.92 Å². The fraction of sp³-hybridized carbons (Fsp3) is 0.455. The van der Waals surface area contributed by atoms with Gasteiger partial charge in [-0.1, -0.05) is 0 Å². The zero-order valence-corrected chi connectivity index (χ0v) is 11.2. The second kappa shape index (κ2) is 5.68. The number of halogens is 1. The minimum absolute atomic E-state index is 0.0306. The third-order valence-electron chi connectivity index (χ3n) is 2.56. The Balaban J connectivity index is 1.85. The van der Waals surface area contributed by atoms with Gasteiger partial charge in [0.05, 0.1) is 5.56 Å². The van der Waals surface area contributed by atoms with Crippen molar-refractivity contribution in [1.29, 1.82) is 0 Å². The molecule has 2 heterocycles. The van der Waals surface area contributed by atoms with Crippen LogP contribution in [-0.4, -0.2) is 28.9 Å². The van der Waals surface area contributed by atoms with E-state index in [-0.39, 0.29) is 5.91 Å². The first-order valence-corrected chi connectivity index (χ1v) is 7.18. The van der Waals surface area contributed by atoms with Crippen molar-refractivity contribution in [3.63, 3.8) is 0 Å². The van der Waals surface area contributed by atoms with Crippen molar-refractivity contribution in [3.05, 3.63) is 28.5 Å². The number of carbonyl (C=O) groups excluding carboxylic acids is 1. The summed E-state index contributed by atoms with van der Waals surface area (Å²) in [5, 5.41) is 2.95. The SMILES string of the molecule is O=C(NCC1CCSC1)c1ccc(Br)nc1. The molecule has 2 rings (SSSR count). The number of hydrogen-bond acceptors (Lipinski definition) is 3. The molecule has 0 aliphatic carbocycles. The Bertz CT molecular complexity index is 363. The third-order valence-corrected chi connectivity index (χ3v) is 4.27. The normalized spacial score (nSPS) is 19.7. The average molecular weight is 301 g/mol. The molecule has 0 aromatic carbocycles. The quantitative estimate of drug-likeness (QED) is 0.871. The molecule has 86 valence electrons. The van der Waals surface area contributed by atoms with Crippen LogP contribution in [0.3, 0.4) is 0 Å². The van der Waals surface area contributed by atoms with Crippen molar-refractivity contribution >= 4 is 33.6 Å². The highest BCUT2D eigenvalue weighted by molar-refractivity contribution is 9.10. The Morgan fingerprint density at radius 2 is 2.50 bits per heavy atom. The van der Waals surface area contributed by atoms with Gasteiger partial charge in [0.25, 0.3) is 5.91 Å². The standard InChI is InChI=1S/C11H13BrN2OS/c12-10-2-1-9(6-13-10)11(15)14-5-8-3-4-16-7-8/h1-2,6,8H,3-5,7H2,(H,14,15). The summed E-state index contributed by atoms with van der Waals surface area (Å²) in [5.74, 6) is 2.99. The summed E-state index contributed by atoms with van der Waals surface area (Å²) in [4.78, 5) is 15.8. The predicted octanol–water partition coefficient (Wildman–Crippen LogP) is 2.33. The fourth-order valence-corrected chi connectivity index (χ4v) is 3.11. The first-order valence-electron chi connectivity index (χ1n) is 5.23. The van der Waals surface area contributed by atoms with Gasteiger partial charge in [-0.25, -0.2) is 4.98 Å². The van der Waals surface area contributed by atoms with Gasteiger partial charge in [0.15, 0.2) is 0 Å². The van der Waals surface area contributed by atoms with Crippen LogP contribution in [-0.2, 0) is 0 Å².